The zero-order chi connectivity index (χ0) is 13.5. The fraction of sp³-hybridized carbons (Fsp3) is 1.00. The van der Waals surface area contributed by atoms with Crippen LogP contribution in [0.15, 0.2) is 0 Å². The summed E-state index contributed by atoms with van der Waals surface area (Å²) in [5, 5.41) is 19.2. The maximum Gasteiger partial charge on any atom is 0.0793 e. The maximum atomic E-state index is 10.2. The van der Waals surface area contributed by atoms with E-state index in [1.54, 1.807) is 0 Å². The Kier molecular flexibility index (Phi) is 6.53. The van der Waals surface area contributed by atoms with Crippen molar-refractivity contribution in [2.75, 3.05) is 52.5 Å². The van der Waals surface area contributed by atoms with Gasteiger partial charge in [-0.2, -0.15) is 0 Å². The average molecular weight is 272 g/mol. The van der Waals surface area contributed by atoms with Crippen LogP contribution >= 0.6 is 0 Å². The monoisotopic (exact) mass is 272 g/mol. The van der Waals surface area contributed by atoms with E-state index in [2.05, 4.69) is 9.80 Å². The fourth-order valence-corrected chi connectivity index (χ4v) is 3.20. The van der Waals surface area contributed by atoms with E-state index in [0.29, 0.717) is 6.04 Å². The molecule has 2 aliphatic rings. The molecule has 2 aliphatic heterocycles. The van der Waals surface area contributed by atoms with E-state index in [-0.39, 0.29) is 12.7 Å². The van der Waals surface area contributed by atoms with Crippen molar-refractivity contribution in [2.24, 2.45) is 0 Å². The van der Waals surface area contributed by atoms with Crippen molar-refractivity contribution in [1.29, 1.82) is 0 Å². The molecular weight excluding hydrogens is 244 g/mol. The van der Waals surface area contributed by atoms with Crippen LogP contribution in [0.1, 0.15) is 25.7 Å². The van der Waals surface area contributed by atoms with Gasteiger partial charge in [0.05, 0.1) is 19.3 Å². The number of β-amino-alcohol motifs (C(OH)–C–C–N with tert-alkyl or cyclic N) is 1. The topological polar surface area (TPSA) is 56.2 Å². The third-order valence-corrected chi connectivity index (χ3v) is 4.21. The number of rotatable bonds is 7. The second kappa shape index (κ2) is 8.17. The smallest absolute Gasteiger partial charge is 0.0793 e. The van der Waals surface area contributed by atoms with Gasteiger partial charge in [0, 0.05) is 38.8 Å². The van der Waals surface area contributed by atoms with Gasteiger partial charge in [-0.25, -0.2) is 0 Å². The van der Waals surface area contributed by atoms with Gasteiger partial charge in [0.1, 0.15) is 0 Å². The van der Waals surface area contributed by atoms with Crippen LogP contribution in [0.3, 0.4) is 0 Å². The van der Waals surface area contributed by atoms with Crippen LogP contribution in [0.25, 0.3) is 0 Å². The highest BCUT2D eigenvalue weighted by Crippen LogP contribution is 2.21. The number of aliphatic hydroxyl groups excluding tert-OH is 2. The Balaban J connectivity index is 1.69. The van der Waals surface area contributed by atoms with Gasteiger partial charge in [-0.05, 0) is 32.2 Å². The maximum absolute atomic E-state index is 10.2. The van der Waals surface area contributed by atoms with Gasteiger partial charge in [0.15, 0.2) is 0 Å². The third kappa shape index (κ3) is 5.00. The molecule has 0 saturated carbocycles. The predicted octanol–water partition coefficient (Wildman–Crippen LogP) is -0.0836. The molecule has 19 heavy (non-hydrogen) atoms. The Morgan fingerprint density at radius 3 is 2.68 bits per heavy atom. The molecule has 2 heterocycles. The van der Waals surface area contributed by atoms with Crippen LogP contribution in [-0.2, 0) is 4.74 Å². The second-order valence-corrected chi connectivity index (χ2v) is 5.72. The van der Waals surface area contributed by atoms with Crippen molar-refractivity contribution in [2.45, 2.75) is 37.8 Å². The minimum absolute atomic E-state index is 0.271. The Labute approximate surface area is 116 Å². The van der Waals surface area contributed by atoms with E-state index in [1.165, 1.54) is 12.8 Å². The molecule has 2 saturated heterocycles. The number of nitrogens with zero attached hydrogens (tertiary/aromatic N) is 2. The molecule has 2 N–H and O–H groups in total. The van der Waals surface area contributed by atoms with Crippen LogP contribution in [0.5, 0.6) is 0 Å². The number of ether oxygens (including phenoxy) is 1. The van der Waals surface area contributed by atoms with Crippen molar-refractivity contribution in [3.63, 3.8) is 0 Å². The highest BCUT2D eigenvalue weighted by Gasteiger charge is 2.26. The number of aliphatic hydroxyl groups is 2. The Morgan fingerprint density at radius 1 is 1.16 bits per heavy atom. The Bertz CT molecular complexity index is 247. The molecule has 112 valence electrons. The summed E-state index contributed by atoms with van der Waals surface area (Å²) in [5.41, 5.74) is 0. The van der Waals surface area contributed by atoms with E-state index in [4.69, 9.17) is 9.84 Å². The van der Waals surface area contributed by atoms with Crippen molar-refractivity contribution in [3.8, 4) is 0 Å². The van der Waals surface area contributed by atoms with Crippen LogP contribution in [0.2, 0.25) is 0 Å². The summed E-state index contributed by atoms with van der Waals surface area (Å²) < 4.78 is 5.32. The normalized spacial score (nSPS) is 27.8. The number of likely N-dealkylation sites (tertiary alicyclic amines) is 1. The first-order valence-electron chi connectivity index (χ1n) is 7.62. The molecule has 2 unspecified atom stereocenters. The SMILES string of the molecule is OCCCC1CCCN1CC(O)CN1CCOCC1. The van der Waals surface area contributed by atoms with Gasteiger partial charge >= 0.3 is 0 Å². The van der Waals surface area contributed by atoms with Crippen molar-refractivity contribution >= 4 is 0 Å². The van der Waals surface area contributed by atoms with Gasteiger partial charge in [0.25, 0.3) is 0 Å². The van der Waals surface area contributed by atoms with Crippen molar-refractivity contribution in [1.82, 2.24) is 9.80 Å². The van der Waals surface area contributed by atoms with Gasteiger partial charge in [0.2, 0.25) is 0 Å². The first-order chi connectivity index (χ1) is 9.29. The van der Waals surface area contributed by atoms with Crippen LogP contribution in [0, 0.1) is 0 Å². The molecule has 0 amide bonds. The fourth-order valence-electron chi connectivity index (χ4n) is 3.20. The lowest BCUT2D eigenvalue weighted by Crippen LogP contribution is -2.45. The Morgan fingerprint density at radius 2 is 1.95 bits per heavy atom. The summed E-state index contributed by atoms with van der Waals surface area (Å²) >= 11 is 0. The number of morpholine rings is 1. The van der Waals surface area contributed by atoms with E-state index in [0.717, 1.165) is 58.8 Å². The molecule has 2 fully saturated rings. The number of hydrogen-bond donors (Lipinski definition) is 2. The molecule has 5 heteroatoms. The molecule has 0 aliphatic carbocycles. The van der Waals surface area contributed by atoms with Gasteiger partial charge in [-0.1, -0.05) is 0 Å². The molecule has 2 rings (SSSR count). The molecule has 0 spiro atoms. The first kappa shape index (κ1) is 15.2. The third-order valence-electron chi connectivity index (χ3n) is 4.21. The summed E-state index contributed by atoms with van der Waals surface area (Å²) in [5.74, 6) is 0. The highest BCUT2D eigenvalue weighted by atomic mass is 16.5. The molecule has 5 nitrogen and oxygen atoms in total. The molecule has 0 aromatic carbocycles. The lowest BCUT2D eigenvalue weighted by Gasteiger charge is -2.31. The lowest BCUT2D eigenvalue weighted by atomic mass is 10.1. The van der Waals surface area contributed by atoms with Crippen LogP contribution in [-0.4, -0.2) is 84.7 Å². The van der Waals surface area contributed by atoms with E-state index in [1.807, 2.05) is 0 Å². The van der Waals surface area contributed by atoms with Gasteiger partial charge in [-0.3, -0.25) is 9.80 Å². The summed E-state index contributed by atoms with van der Waals surface area (Å²) in [6.07, 6.45) is 4.10. The largest absolute Gasteiger partial charge is 0.396 e. The van der Waals surface area contributed by atoms with E-state index >= 15 is 0 Å². The van der Waals surface area contributed by atoms with Gasteiger partial charge in [-0.15, -0.1) is 0 Å². The molecule has 0 bridgehead atoms. The zero-order valence-corrected chi connectivity index (χ0v) is 11.8. The Hall–Kier alpha value is -0.200. The zero-order valence-electron chi connectivity index (χ0n) is 11.8. The molecule has 2 atom stereocenters. The highest BCUT2D eigenvalue weighted by molar-refractivity contribution is 4.82. The molecule has 0 radical (unpaired) electrons. The number of hydrogen-bond acceptors (Lipinski definition) is 5. The minimum atomic E-state index is -0.271. The van der Waals surface area contributed by atoms with Crippen molar-refractivity contribution < 1.29 is 14.9 Å². The first-order valence-corrected chi connectivity index (χ1v) is 7.62. The molecular formula is C14H28N2O3. The standard InChI is InChI=1S/C14H28N2O3/c17-8-2-4-13-3-1-5-16(13)12-14(18)11-15-6-9-19-10-7-15/h13-14,17-18H,1-12H2. The van der Waals surface area contributed by atoms with Crippen LogP contribution < -0.4 is 0 Å². The minimum Gasteiger partial charge on any atom is -0.396 e. The molecule has 0 aromatic heterocycles. The van der Waals surface area contributed by atoms with Gasteiger partial charge < -0.3 is 14.9 Å². The second-order valence-electron chi connectivity index (χ2n) is 5.72. The predicted molar refractivity (Wildman–Crippen MR) is 74.2 cm³/mol. The average Bonchev–Trinajstić information content (AvgIpc) is 2.84. The lowest BCUT2D eigenvalue weighted by molar-refractivity contribution is 0.00552. The van der Waals surface area contributed by atoms with E-state index in [9.17, 15) is 5.11 Å². The van der Waals surface area contributed by atoms with Crippen LogP contribution in [0.4, 0.5) is 0 Å². The summed E-state index contributed by atoms with van der Waals surface area (Å²) in [7, 11) is 0. The summed E-state index contributed by atoms with van der Waals surface area (Å²) in [4.78, 5) is 4.69. The summed E-state index contributed by atoms with van der Waals surface area (Å²) in [6.45, 7) is 6.35. The quantitative estimate of drug-likeness (QED) is 0.679. The van der Waals surface area contributed by atoms with E-state index < -0.39 is 0 Å². The molecule has 0 aromatic rings. The van der Waals surface area contributed by atoms with Crippen molar-refractivity contribution in [3.05, 3.63) is 0 Å². The summed E-state index contributed by atoms with van der Waals surface area (Å²) in [6, 6.07) is 0.562.